The van der Waals surface area contributed by atoms with Crippen molar-refractivity contribution in [1.29, 1.82) is 0 Å². The van der Waals surface area contributed by atoms with Crippen molar-refractivity contribution in [3.63, 3.8) is 0 Å². The van der Waals surface area contributed by atoms with Crippen LogP contribution in [0.5, 0.6) is 11.5 Å². The van der Waals surface area contributed by atoms with Crippen LogP contribution in [-0.2, 0) is 32.2 Å². The second-order valence-corrected chi connectivity index (χ2v) is 16.7. The largest absolute Gasteiger partial charge is 0.487 e. The number of aliphatic hydroxyl groups is 2. The van der Waals surface area contributed by atoms with Gasteiger partial charge in [-0.3, -0.25) is 9.88 Å². The third-order valence-corrected chi connectivity index (χ3v) is 12.5. The number of carbonyl (C=O) groups excluding carboxylic acids is 1. The summed E-state index contributed by atoms with van der Waals surface area (Å²) in [4.78, 5) is 27.0. The number of halogens is 1. The number of nitrogens with zero attached hydrogens (tertiary/aromatic N) is 3. The fourth-order valence-electron chi connectivity index (χ4n) is 9.79. The molecule has 2 aliphatic heterocycles. The van der Waals surface area contributed by atoms with Crippen molar-refractivity contribution in [3.8, 4) is 11.5 Å². The van der Waals surface area contributed by atoms with E-state index in [1.165, 1.54) is 12.1 Å². The van der Waals surface area contributed by atoms with Crippen LogP contribution in [0.15, 0.2) is 90.1 Å². The van der Waals surface area contributed by atoms with Crippen LogP contribution in [0.25, 0.3) is 0 Å². The predicted molar refractivity (Wildman–Crippen MR) is 232 cm³/mol. The summed E-state index contributed by atoms with van der Waals surface area (Å²) in [5.41, 5.74) is 4.90. The number of aliphatic hydroxyl groups excluding tert-OH is 2. The van der Waals surface area contributed by atoms with Gasteiger partial charge in [0.15, 0.2) is 0 Å². The van der Waals surface area contributed by atoms with Crippen LogP contribution in [0.3, 0.4) is 0 Å². The molecule has 7 unspecified atom stereocenters. The van der Waals surface area contributed by atoms with Crippen LogP contribution in [-0.4, -0.2) is 83.1 Å². The highest BCUT2D eigenvalue weighted by atomic mass is 19.1. The number of oxime groups is 1. The molecular formula is C49H62FN3O9. The molecule has 7 atom stereocenters. The number of rotatable bonds is 20. The normalized spacial score (nSPS) is 25.8. The fourth-order valence-corrected chi connectivity index (χ4v) is 9.79. The highest BCUT2D eigenvalue weighted by molar-refractivity contribution is 6.03. The molecule has 1 saturated heterocycles. The summed E-state index contributed by atoms with van der Waals surface area (Å²) in [6.45, 7) is 9.06. The first-order chi connectivity index (χ1) is 30.3. The molecule has 1 saturated carbocycles. The van der Waals surface area contributed by atoms with E-state index in [0.29, 0.717) is 48.6 Å². The molecule has 0 radical (unpaired) electrons. The first-order valence-corrected chi connectivity index (χ1v) is 22.4. The van der Waals surface area contributed by atoms with Crippen molar-refractivity contribution in [2.75, 3.05) is 33.0 Å². The Morgan fingerprint density at radius 3 is 2.60 bits per heavy atom. The van der Waals surface area contributed by atoms with Gasteiger partial charge in [-0.15, -0.1) is 6.58 Å². The SMILES string of the molecule is C=CCOC12Oc3ccc(OCc4cccc(C)n4)cc3C3C(CCCCO)C(CCCCO)C=C(C(=NOC4CCCCO4)CC1N(Cc1ccc(F)cc1)C(=O)OCC)C32. The topological polar surface area (TPSA) is 141 Å². The molecule has 1 amide bonds. The van der Waals surface area contributed by atoms with E-state index in [1.54, 1.807) is 30.0 Å². The number of aryl methyl sites for hydroxylation is 1. The van der Waals surface area contributed by atoms with Crippen molar-refractivity contribution >= 4 is 11.8 Å². The van der Waals surface area contributed by atoms with Gasteiger partial charge < -0.3 is 38.7 Å². The Balaban J connectivity index is 1.43. The van der Waals surface area contributed by atoms with Crippen LogP contribution in [0.4, 0.5) is 9.18 Å². The molecule has 12 nitrogen and oxygen atoms in total. The van der Waals surface area contributed by atoms with E-state index < -0.39 is 30.1 Å². The Labute approximate surface area is 364 Å². The summed E-state index contributed by atoms with van der Waals surface area (Å²) in [6, 6.07) is 17.0. The van der Waals surface area contributed by atoms with E-state index in [1.807, 2.05) is 37.3 Å². The molecule has 334 valence electrons. The molecule has 3 heterocycles. The van der Waals surface area contributed by atoms with Gasteiger partial charge in [0.2, 0.25) is 12.1 Å². The summed E-state index contributed by atoms with van der Waals surface area (Å²) in [6.07, 6.45) is 10.2. The maximum absolute atomic E-state index is 14.4. The average Bonchev–Trinajstić information content (AvgIpc) is 3.28. The van der Waals surface area contributed by atoms with Crippen LogP contribution in [0, 0.1) is 30.5 Å². The Hall–Kier alpha value is -4.82. The van der Waals surface area contributed by atoms with Crippen molar-refractivity contribution in [2.45, 2.75) is 115 Å². The molecule has 0 bridgehead atoms. The van der Waals surface area contributed by atoms with E-state index in [4.69, 9.17) is 33.7 Å². The third kappa shape index (κ3) is 10.3. The zero-order valence-corrected chi connectivity index (χ0v) is 36.1. The van der Waals surface area contributed by atoms with Crippen molar-refractivity contribution in [1.82, 2.24) is 9.88 Å². The first-order valence-electron chi connectivity index (χ1n) is 22.4. The summed E-state index contributed by atoms with van der Waals surface area (Å²) >= 11 is 0. The number of pyridine rings is 1. The van der Waals surface area contributed by atoms with Crippen LogP contribution < -0.4 is 9.47 Å². The van der Waals surface area contributed by atoms with Gasteiger partial charge in [-0.1, -0.05) is 48.3 Å². The van der Waals surface area contributed by atoms with Crippen molar-refractivity contribution in [2.24, 2.45) is 22.9 Å². The summed E-state index contributed by atoms with van der Waals surface area (Å²) in [5, 5.41) is 24.8. The van der Waals surface area contributed by atoms with Crippen molar-refractivity contribution in [3.05, 3.63) is 113 Å². The second kappa shape index (κ2) is 21.5. The summed E-state index contributed by atoms with van der Waals surface area (Å²) in [7, 11) is 0. The lowest BCUT2D eigenvalue weighted by Crippen LogP contribution is -2.70. The van der Waals surface area contributed by atoms with E-state index in [-0.39, 0.29) is 69.6 Å². The smallest absolute Gasteiger partial charge is 0.410 e. The van der Waals surface area contributed by atoms with Gasteiger partial charge in [0.1, 0.15) is 30.0 Å². The minimum Gasteiger partial charge on any atom is -0.487 e. The van der Waals surface area contributed by atoms with Gasteiger partial charge in [0.25, 0.3) is 0 Å². The second-order valence-electron chi connectivity index (χ2n) is 16.7. The highest BCUT2D eigenvalue weighted by Gasteiger charge is 2.65. The van der Waals surface area contributed by atoms with Crippen molar-refractivity contribution < 1.29 is 47.9 Å². The number of hydrogen-bond acceptors (Lipinski definition) is 11. The molecule has 1 aromatic heterocycles. The average molecular weight is 856 g/mol. The zero-order chi connectivity index (χ0) is 43.5. The molecule has 0 spiro atoms. The number of carbonyl (C=O) groups is 1. The predicted octanol–water partition coefficient (Wildman–Crippen LogP) is 8.93. The lowest BCUT2D eigenvalue weighted by atomic mass is 9.55. The Morgan fingerprint density at radius 2 is 1.87 bits per heavy atom. The van der Waals surface area contributed by atoms with Gasteiger partial charge in [-0.05, 0) is 118 Å². The summed E-state index contributed by atoms with van der Waals surface area (Å²) in [5.74, 6) is -1.35. The van der Waals surface area contributed by atoms with Gasteiger partial charge in [0, 0.05) is 49.8 Å². The maximum atomic E-state index is 14.4. The molecule has 2 fully saturated rings. The van der Waals surface area contributed by atoms with E-state index in [2.05, 4.69) is 23.7 Å². The number of aromatic nitrogens is 1. The Morgan fingerprint density at radius 1 is 1.06 bits per heavy atom. The number of hydrogen-bond donors (Lipinski definition) is 2. The van der Waals surface area contributed by atoms with Gasteiger partial charge >= 0.3 is 6.09 Å². The molecule has 2 aliphatic carbocycles. The Bertz CT molecular complexity index is 2020. The maximum Gasteiger partial charge on any atom is 0.410 e. The highest BCUT2D eigenvalue weighted by Crippen LogP contribution is 2.62. The van der Waals surface area contributed by atoms with Gasteiger partial charge in [-0.25, -0.2) is 9.18 Å². The van der Waals surface area contributed by atoms with E-state index in [9.17, 15) is 19.4 Å². The number of unbranched alkanes of at least 4 members (excludes halogenated alkanes) is 2. The number of fused-ring (bicyclic) bond motifs is 2. The quantitative estimate of drug-likeness (QED) is 0.0643. The van der Waals surface area contributed by atoms with Gasteiger partial charge in [-0.2, -0.15) is 0 Å². The summed E-state index contributed by atoms with van der Waals surface area (Å²) < 4.78 is 46.9. The number of amides is 1. The molecule has 2 N–H and O–H groups in total. The van der Waals surface area contributed by atoms with E-state index >= 15 is 0 Å². The van der Waals surface area contributed by atoms with Crippen LogP contribution >= 0.6 is 0 Å². The molecule has 62 heavy (non-hydrogen) atoms. The minimum absolute atomic E-state index is 0.0211. The van der Waals surface area contributed by atoms with Gasteiger partial charge in [0.05, 0.1) is 37.1 Å². The lowest BCUT2D eigenvalue weighted by Gasteiger charge is -2.59. The fraction of sp³-hybridized carbons (Fsp3) is 0.531. The van der Waals surface area contributed by atoms with Crippen LogP contribution in [0.1, 0.15) is 99.6 Å². The number of allylic oxidation sites excluding steroid dienone is 1. The van der Waals surface area contributed by atoms with E-state index in [0.717, 1.165) is 61.0 Å². The first kappa shape index (κ1) is 45.2. The monoisotopic (exact) mass is 855 g/mol. The lowest BCUT2D eigenvalue weighted by molar-refractivity contribution is -0.256. The minimum atomic E-state index is -1.50. The zero-order valence-electron chi connectivity index (χ0n) is 36.1. The third-order valence-electron chi connectivity index (χ3n) is 12.5. The molecule has 13 heteroatoms. The molecule has 3 aromatic rings. The number of benzene rings is 2. The molecule has 2 aromatic carbocycles. The Kier molecular flexibility index (Phi) is 15.7. The molecule has 7 rings (SSSR count). The van der Waals surface area contributed by atoms with Crippen LogP contribution in [0.2, 0.25) is 0 Å². The molecular weight excluding hydrogens is 794 g/mol. The molecule has 4 aliphatic rings. The standard InChI is InChI=1S/C49H62FN3O9/c1-4-26-60-49-44(53(48(56)57-5-2)31-34-18-20-36(50)21-19-34)30-42(52-62-45-17-8-11-27-58-45)40-28-35(14-6-9-24-54)39(16-7-10-25-55)46(47(40)49)41-29-38(22-23-43(41)61-49)59-32-37-15-12-13-33(3)51-37/h4,12-13,15,18-23,28-29,35,39,44-47,54-55H,1,5-11,14,16-17,24-27,30-32H2,2-3H3. The number of ether oxygens (including phenoxy) is 5.